The Morgan fingerprint density at radius 1 is 1.33 bits per heavy atom. The predicted molar refractivity (Wildman–Crippen MR) is 82.1 cm³/mol. The number of para-hydroxylation sites is 1. The number of fused-ring (bicyclic) bond motifs is 1. The van der Waals surface area contributed by atoms with Crippen LogP contribution in [-0.4, -0.2) is 25.0 Å². The second-order valence-corrected chi connectivity index (χ2v) is 5.58. The SMILES string of the molecule is CCCC(C)C(=O)OCC(=O)N1CCCc2ccccc21. The first kappa shape index (κ1) is 15.5. The normalized spacial score (nSPS) is 15.2. The van der Waals surface area contributed by atoms with E-state index in [1.165, 1.54) is 5.56 Å². The highest BCUT2D eigenvalue weighted by Gasteiger charge is 2.23. The number of benzene rings is 1. The summed E-state index contributed by atoms with van der Waals surface area (Å²) in [7, 11) is 0. The number of anilines is 1. The van der Waals surface area contributed by atoms with E-state index in [-0.39, 0.29) is 24.4 Å². The zero-order valence-electron chi connectivity index (χ0n) is 12.8. The zero-order valence-corrected chi connectivity index (χ0v) is 12.8. The van der Waals surface area contributed by atoms with E-state index in [9.17, 15) is 9.59 Å². The van der Waals surface area contributed by atoms with Gasteiger partial charge in [0.25, 0.3) is 5.91 Å². The fourth-order valence-electron chi connectivity index (χ4n) is 2.70. The molecule has 1 aromatic rings. The van der Waals surface area contributed by atoms with Gasteiger partial charge in [-0.1, -0.05) is 38.5 Å². The maximum absolute atomic E-state index is 12.3. The smallest absolute Gasteiger partial charge is 0.309 e. The number of carbonyl (C=O) groups excluding carboxylic acids is 2. The third-order valence-electron chi connectivity index (χ3n) is 3.87. The molecule has 0 aromatic heterocycles. The molecule has 2 rings (SSSR count). The van der Waals surface area contributed by atoms with E-state index in [1.54, 1.807) is 4.90 Å². The molecule has 1 atom stereocenters. The summed E-state index contributed by atoms with van der Waals surface area (Å²) < 4.78 is 5.16. The standard InChI is InChI=1S/C17H23NO3/c1-3-7-13(2)17(20)21-12-16(19)18-11-6-9-14-8-4-5-10-15(14)18/h4-5,8,10,13H,3,6-7,9,11-12H2,1-2H3. The van der Waals surface area contributed by atoms with Gasteiger partial charge in [0.05, 0.1) is 5.92 Å². The van der Waals surface area contributed by atoms with Crippen molar-refractivity contribution in [2.75, 3.05) is 18.1 Å². The Balaban J connectivity index is 1.94. The molecule has 1 aliphatic rings. The second kappa shape index (κ2) is 7.25. The molecule has 21 heavy (non-hydrogen) atoms. The van der Waals surface area contributed by atoms with Gasteiger partial charge in [-0.15, -0.1) is 0 Å². The highest BCUT2D eigenvalue weighted by molar-refractivity contribution is 5.96. The van der Waals surface area contributed by atoms with Crippen LogP contribution in [0.15, 0.2) is 24.3 Å². The monoisotopic (exact) mass is 289 g/mol. The Bertz CT molecular complexity index is 513. The fraction of sp³-hybridized carbons (Fsp3) is 0.529. The summed E-state index contributed by atoms with van der Waals surface area (Å²) in [6, 6.07) is 7.91. The lowest BCUT2D eigenvalue weighted by molar-refractivity contribution is -0.151. The second-order valence-electron chi connectivity index (χ2n) is 5.58. The van der Waals surface area contributed by atoms with Crippen LogP contribution < -0.4 is 4.90 Å². The molecule has 0 N–H and O–H groups in total. The Hall–Kier alpha value is -1.84. The van der Waals surface area contributed by atoms with Crippen molar-refractivity contribution in [2.24, 2.45) is 5.92 Å². The van der Waals surface area contributed by atoms with Crippen LogP contribution in [0.2, 0.25) is 0 Å². The highest BCUT2D eigenvalue weighted by Crippen LogP contribution is 2.26. The molecule has 0 fully saturated rings. The average Bonchev–Trinajstić information content (AvgIpc) is 2.51. The first-order valence-corrected chi connectivity index (χ1v) is 7.68. The quantitative estimate of drug-likeness (QED) is 0.783. The first-order chi connectivity index (χ1) is 10.1. The van der Waals surface area contributed by atoms with Gasteiger partial charge in [-0.3, -0.25) is 9.59 Å². The molecule has 1 heterocycles. The summed E-state index contributed by atoms with van der Waals surface area (Å²) >= 11 is 0. The Labute approximate surface area is 126 Å². The molecular formula is C17H23NO3. The summed E-state index contributed by atoms with van der Waals surface area (Å²) in [6.45, 7) is 4.39. The van der Waals surface area contributed by atoms with Crippen LogP contribution in [0, 0.1) is 5.92 Å². The lowest BCUT2D eigenvalue weighted by atomic mass is 10.0. The molecule has 0 aliphatic carbocycles. The molecule has 4 heteroatoms. The molecule has 1 unspecified atom stereocenters. The lowest BCUT2D eigenvalue weighted by Gasteiger charge is -2.29. The third kappa shape index (κ3) is 3.84. The summed E-state index contributed by atoms with van der Waals surface area (Å²) in [5, 5.41) is 0. The van der Waals surface area contributed by atoms with E-state index in [2.05, 4.69) is 0 Å². The molecule has 0 spiro atoms. The third-order valence-corrected chi connectivity index (χ3v) is 3.87. The number of hydrogen-bond acceptors (Lipinski definition) is 3. The van der Waals surface area contributed by atoms with Gasteiger partial charge in [0.15, 0.2) is 6.61 Å². The molecule has 0 saturated carbocycles. The molecule has 1 aliphatic heterocycles. The van der Waals surface area contributed by atoms with Crippen molar-refractivity contribution in [3.05, 3.63) is 29.8 Å². The van der Waals surface area contributed by atoms with E-state index in [0.29, 0.717) is 6.54 Å². The van der Waals surface area contributed by atoms with Gasteiger partial charge < -0.3 is 9.64 Å². The lowest BCUT2D eigenvalue weighted by Crippen LogP contribution is -2.38. The molecule has 4 nitrogen and oxygen atoms in total. The van der Waals surface area contributed by atoms with E-state index in [1.807, 2.05) is 38.1 Å². The number of hydrogen-bond donors (Lipinski definition) is 0. The summed E-state index contributed by atoms with van der Waals surface area (Å²) in [4.78, 5) is 25.8. The molecule has 0 saturated heterocycles. The van der Waals surface area contributed by atoms with Crippen molar-refractivity contribution in [3.8, 4) is 0 Å². The summed E-state index contributed by atoms with van der Waals surface area (Å²) in [5.74, 6) is -0.564. The fourth-order valence-corrected chi connectivity index (χ4v) is 2.70. The number of esters is 1. The molecule has 0 bridgehead atoms. The van der Waals surface area contributed by atoms with Crippen LogP contribution in [-0.2, 0) is 20.7 Å². The molecule has 1 aromatic carbocycles. The van der Waals surface area contributed by atoms with Gasteiger partial charge in [0.1, 0.15) is 0 Å². The minimum Gasteiger partial charge on any atom is -0.455 e. The number of amides is 1. The minimum atomic E-state index is -0.282. The van der Waals surface area contributed by atoms with Gasteiger partial charge in [-0.2, -0.15) is 0 Å². The van der Waals surface area contributed by atoms with Crippen LogP contribution in [0.4, 0.5) is 5.69 Å². The Kier molecular flexibility index (Phi) is 5.37. The first-order valence-electron chi connectivity index (χ1n) is 7.68. The van der Waals surface area contributed by atoms with Gasteiger partial charge in [0.2, 0.25) is 0 Å². The number of carbonyl (C=O) groups is 2. The van der Waals surface area contributed by atoms with Crippen molar-refractivity contribution in [2.45, 2.75) is 39.5 Å². The number of aryl methyl sites for hydroxylation is 1. The summed E-state index contributed by atoms with van der Waals surface area (Å²) in [6.07, 6.45) is 3.67. The summed E-state index contributed by atoms with van der Waals surface area (Å²) in [5.41, 5.74) is 2.13. The zero-order chi connectivity index (χ0) is 15.2. The van der Waals surface area contributed by atoms with Crippen LogP contribution in [0.1, 0.15) is 38.7 Å². The van der Waals surface area contributed by atoms with Crippen LogP contribution in [0.5, 0.6) is 0 Å². The Morgan fingerprint density at radius 2 is 2.10 bits per heavy atom. The number of nitrogens with zero attached hydrogens (tertiary/aromatic N) is 1. The topological polar surface area (TPSA) is 46.6 Å². The maximum Gasteiger partial charge on any atom is 0.309 e. The molecule has 114 valence electrons. The van der Waals surface area contributed by atoms with E-state index in [4.69, 9.17) is 4.74 Å². The largest absolute Gasteiger partial charge is 0.455 e. The molecule has 1 amide bonds. The number of ether oxygens (including phenoxy) is 1. The number of rotatable bonds is 5. The van der Waals surface area contributed by atoms with Gasteiger partial charge in [-0.25, -0.2) is 0 Å². The van der Waals surface area contributed by atoms with Gasteiger partial charge in [0, 0.05) is 12.2 Å². The van der Waals surface area contributed by atoms with Crippen molar-refractivity contribution >= 4 is 17.6 Å². The highest BCUT2D eigenvalue weighted by atomic mass is 16.5. The molecule has 0 radical (unpaired) electrons. The minimum absolute atomic E-state index is 0.140. The average molecular weight is 289 g/mol. The molecular weight excluding hydrogens is 266 g/mol. The van der Waals surface area contributed by atoms with Crippen LogP contribution in [0.3, 0.4) is 0 Å². The van der Waals surface area contributed by atoms with Crippen LogP contribution >= 0.6 is 0 Å². The van der Waals surface area contributed by atoms with Crippen molar-refractivity contribution < 1.29 is 14.3 Å². The Morgan fingerprint density at radius 3 is 2.86 bits per heavy atom. The van der Waals surface area contributed by atoms with Crippen LogP contribution in [0.25, 0.3) is 0 Å². The van der Waals surface area contributed by atoms with Gasteiger partial charge in [-0.05, 0) is 30.9 Å². The van der Waals surface area contributed by atoms with E-state index in [0.717, 1.165) is 31.4 Å². The van der Waals surface area contributed by atoms with Crippen molar-refractivity contribution in [1.29, 1.82) is 0 Å². The van der Waals surface area contributed by atoms with E-state index < -0.39 is 0 Å². The van der Waals surface area contributed by atoms with Crippen molar-refractivity contribution in [1.82, 2.24) is 0 Å². The van der Waals surface area contributed by atoms with Gasteiger partial charge >= 0.3 is 5.97 Å². The van der Waals surface area contributed by atoms with E-state index >= 15 is 0 Å². The maximum atomic E-state index is 12.3. The van der Waals surface area contributed by atoms with Crippen molar-refractivity contribution in [3.63, 3.8) is 0 Å². The predicted octanol–water partition coefficient (Wildman–Crippen LogP) is 2.95.